The summed E-state index contributed by atoms with van der Waals surface area (Å²) in [5.74, 6) is -0.602. The predicted octanol–water partition coefficient (Wildman–Crippen LogP) is 1.23. The van der Waals surface area contributed by atoms with Gasteiger partial charge in [-0.25, -0.2) is 17.2 Å². The number of nitrogens with zero attached hydrogens (tertiary/aromatic N) is 4. The molecule has 0 unspecified atom stereocenters. The van der Waals surface area contributed by atoms with E-state index in [1.54, 1.807) is 0 Å². The Morgan fingerprint density at radius 2 is 1.88 bits per heavy atom. The minimum Gasteiger partial charge on any atom is -0.312 e. The van der Waals surface area contributed by atoms with E-state index in [4.69, 9.17) is 0 Å². The first-order chi connectivity index (χ1) is 12.5. The Labute approximate surface area is 150 Å². The van der Waals surface area contributed by atoms with Gasteiger partial charge in [-0.1, -0.05) is 6.07 Å². The molecule has 1 fully saturated rings. The molecule has 1 aromatic carbocycles. The van der Waals surface area contributed by atoms with Gasteiger partial charge in [0.05, 0.1) is 6.54 Å². The van der Waals surface area contributed by atoms with Crippen LogP contribution in [0.2, 0.25) is 0 Å². The number of fused-ring (bicyclic) bond motifs is 1. The molecular formula is C16H19F2N5O2S. The molecule has 2 aliphatic heterocycles. The van der Waals surface area contributed by atoms with Crippen LogP contribution in [0.3, 0.4) is 0 Å². The van der Waals surface area contributed by atoms with E-state index in [0.717, 1.165) is 36.9 Å². The summed E-state index contributed by atoms with van der Waals surface area (Å²) in [6, 6.07) is 3.21. The minimum atomic E-state index is -4.06. The maximum absolute atomic E-state index is 13.9. The lowest BCUT2D eigenvalue weighted by atomic mass is 9.97. The van der Waals surface area contributed by atoms with E-state index in [1.165, 1.54) is 10.4 Å². The van der Waals surface area contributed by atoms with Crippen molar-refractivity contribution in [2.45, 2.75) is 36.7 Å². The lowest BCUT2D eigenvalue weighted by Gasteiger charge is -2.31. The number of nitrogens with one attached hydrogen (secondary N) is 1. The Balaban J connectivity index is 1.51. The second-order valence-electron chi connectivity index (χ2n) is 6.53. The van der Waals surface area contributed by atoms with Crippen molar-refractivity contribution < 1.29 is 17.2 Å². The van der Waals surface area contributed by atoms with Crippen LogP contribution in [0, 0.1) is 11.6 Å². The van der Waals surface area contributed by atoms with Crippen LogP contribution in [0.15, 0.2) is 23.1 Å². The number of hydrogen-bond acceptors (Lipinski definition) is 5. The normalized spacial score (nSPS) is 19.5. The zero-order chi connectivity index (χ0) is 18.3. The number of piperidine rings is 1. The summed E-state index contributed by atoms with van der Waals surface area (Å²) in [4.78, 5) is -0.609. The van der Waals surface area contributed by atoms with Crippen molar-refractivity contribution in [3.63, 3.8) is 0 Å². The van der Waals surface area contributed by atoms with Crippen LogP contribution in [0.4, 0.5) is 8.78 Å². The number of halogens is 2. The number of benzene rings is 1. The molecule has 1 saturated heterocycles. The SMILES string of the molecule is O=S(=O)(c1cccc(F)c1F)N1CCC(c2nnc3n2CCNC3)CC1. The van der Waals surface area contributed by atoms with Crippen LogP contribution in [-0.2, 0) is 23.1 Å². The van der Waals surface area contributed by atoms with Gasteiger partial charge in [-0.2, -0.15) is 4.31 Å². The fraction of sp³-hybridized carbons (Fsp3) is 0.500. The second kappa shape index (κ2) is 6.67. The average Bonchev–Trinajstić information content (AvgIpc) is 3.08. The Morgan fingerprint density at radius 1 is 1.12 bits per heavy atom. The number of rotatable bonds is 3. The molecule has 0 bridgehead atoms. The van der Waals surface area contributed by atoms with Gasteiger partial charge in [0.25, 0.3) is 0 Å². The smallest absolute Gasteiger partial charge is 0.246 e. The first kappa shape index (κ1) is 17.5. The third-order valence-corrected chi connectivity index (χ3v) is 6.92. The van der Waals surface area contributed by atoms with Gasteiger partial charge in [0.15, 0.2) is 11.6 Å². The van der Waals surface area contributed by atoms with E-state index >= 15 is 0 Å². The summed E-state index contributed by atoms with van der Waals surface area (Å²) < 4.78 is 56.0. The molecule has 1 aromatic heterocycles. The molecule has 140 valence electrons. The molecule has 0 radical (unpaired) electrons. The summed E-state index contributed by atoms with van der Waals surface area (Å²) >= 11 is 0. The maximum Gasteiger partial charge on any atom is 0.246 e. The van der Waals surface area contributed by atoms with E-state index in [1.807, 2.05) is 0 Å². The monoisotopic (exact) mass is 383 g/mol. The van der Waals surface area contributed by atoms with Gasteiger partial charge in [-0.3, -0.25) is 0 Å². The Hall–Kier alpha value is -1.91. The largest absolute Gasteiger partial charge is 0.312 e. The molecule has 0 amide bonds. The van der Waals surface area contributed by atoms with Gasteiger partial charge in [-0.05, 0) is 25.0 Å². The first-order valence-corrected chi connectivity index (χ1v) is 9.99. The third-order valence-electron chi connectivity index (χ3n) is 5.00. The Bertz CT molecular complexity index is 923. The van der Waals surface area contributed by atoms with Gasteiger partial charge >= 0.3 is 0 Å². The van der Waals surface area contributed by atoms with E-state index in [2.05, 4.69) is 20.1 Å². The van der Waals surface area contributed by atoms with Gasteiger partial charge in [0, 0.05) is 32.1 Å². The van der Waals surface area contributed by atoms with Crippen LogP contribution in [0.1, 0.15) is 30.4 Å². The molecule has 3 heterocycles. The molecule has 0 atom stereocenters. The van der Waals surface area contributed by atoms with E-state index in [9.17, 15) is 17.2 Å². The standard InChI is InChI=1S/C16H19F2N5O2S/c17-12-2-1-3-13(15(12)18)26(24,25)22-7-4-11(5-8-22)16-21-20-14-10-19-6-9-23(14)16/h1-3,11,19H,4-10H2. The van der Waals surface area contributed by atoms with Crippen LogP contribution in [-0.4, -0.2) is 47.1 Å². The Morgan fingerprint density at radius 3 is 2.65 bits per heavy atom. The van der Waals surface area contributed by atoms with Crippen LogP contribution < -0.4 is 5.32 Å². The number of hydrogen-bond donors (Lipinski definition) is 1. The highest BCUT2D eigenvalue weighted by atomic mass is 32.2. The maximum atomic E-state index is 13.9. The topological polar surface area (TPSA) is 80.1 Å². The van der Waals surface area contributed by atoms with E-state index in [-0.39, 0.29) is 19.0 Å². The molecule has 0 saturated carbocycles. The highest BCUT2D eigenvalue weighted by Crippen LogP contribution is 2.31. The summed E-state index contributed by atoms with van der Waals surface area (Å²) in [5.41, 5.74) is 0. The molecule has 2 aromatic rings. The summed E-state index contributed by atoms with van der Waals surface area (Å²) in [6.45, 7) is 2.81. The van der Waals surface area contributed by atoms with Gasteiger partial charge in [0.2, 0.25) is 10.0 Å². The predicted molar refractivity (Wildman–Crippen MR) is 88.8 cm³/mol. The lowest BCUT2D eigenvalue weighted by Crippen LogP contribution is -2.39. The fourth-order valence-electron chi connectivity index (χ4n) is 3.59. The van der Waals surface area contributed by atoms with Crippen molar-refractivity contribution in [2.75, 3.05) is 19.6 Å². The molecule has 26 heavy (non-hydrogen) atoms. The minimum absolute atomic E-state index is 0.109. The Kier molecular flexibility index (Phi) is 4.49. The molecule has 2 aliphatic rings. The zero-order valence-corrected chi connectivity index (χ0v) is 14.8. The van der Waals surface area contributed by atoms with Crippen LogP contribution >= 0.6 is 0 Å². The van der Waals surface area contributed by atoms with Crippen molar-refractivity contribution in [1.29, 1.82) is 0 Å². The third kappa shape index (κ3) is 2.91. The molecule has 1 N–H and O–H groups in total. The van der Waals surface area contributed by atoms with Crippen LogP contribution in [0.5, 0.6) is 0 Å². The average molecular weight is 383 g/mol. The van der Waals surface area contributed by atoms with Crippen molar-refractivity contribution in [3.8, 4) is 0 Å². The molecule has 7 nitrogen and oxygen atoms in total. The number of aromatic nitrogens is 3. The molecule has 0 aliphatic carbocycles. The number of sulfonamides is 1. The lowest BCUT2D eigenvalue weighted by molar-refractivity contribution is 0.305. The fourth-order valence-corrected chi connectivity index (χ4v) is 5.14. The highest BCUT2D eigenvalue weighted by Gasteiger charge is 2.34. The molecule has 10 heteroatoms. The molecule has 0 spiro atoms. The van der Waals surface area contributed by atoms with E-state index in [0.29, 0.717) is 19.4 Å². The first-order valence-electron chi connectivity index (χ1n) is 8.55. The molecule has 4 rings (SSSR count). The van der Waals surface area contributed by atoms with E-state index < -0.39 is 26.6 Å². The van der Waals surface area contributed by atoms with Crippen LogP contribution in [0.25, 0.3) is 0 Å². The molecular weight excluding hydrogens is 364 g/mol. The van der Waals surface area contributed by atoms with Crippen molar-refractivity contribution >= 4 is 10.0 Å². The van der Waals surface area contributed by atoms with Crippen molar-refractivity contribution in [1.82, 2.24) is 24.4 Å². The van der Waals surface area contributed by atoms with Gasteiger partial charge in [-0.15, -0.1) is 10.2 Å². The summed E-state index contributed by atoms with van der Waals surface area (Å²) in [6.07, 6.45) is 1.14. The zero-order valence-electron chi connectivity index (χ0n) is 14.0. The highest BCUT2D eigenvalue weighted by molar-refractivity contribution is 7.89. The summed E-state index contributed by atoms with van der Waals surface area (Å²) in [5, 5.41) is 11.7. The quantitative estimate of drug-likeness (QED) is 0.862. The second-order valence-corrected chi connectivity index (χ2v) is 8.44. The van der Waals surface area contributed by atoms with Gasteiger partial charge < -0.3 is 9.88 Å². The van der Waals surface area contributed by atoms with Crippen molar-refractivity contribution in [3.05, 3.63) is 41.5 Å². The van der Waals surface area contributed by atoms with Gasteiger partial charge in [0.1, 0.15) is 16.5 Å². The van der Waals surface area contributed by atoms with Crippen molar-refractivity contribution in [2.24, 2.45) is 0 Å². The summed E-state index contributed by atoms with van der Waals surface area (Å²) in [7, 11) is -4.06.